The first-order valence-corrected chi connectivity index (χ1v) is 10.7. The third kappa shape index (κ3) is 5.02. The molecule has 3 heterocycles. The lowest BCUT2D eigenvalue weighted by Gasteiger charge is -2.36. The molecule has 1 fully saturated rings. The number of nitrogens with one attached hydrogen (secondary N) is 1. The topological polar surface area (TPSA) is 107 Å². The molecular formula is C22H25ClF3N7O3. The van der Waals surface area contributed by atoms with Crippen LogP contribution in [0.4, 0.5) is 35.0 Å². The first-order chi connectivity index (χ1) is 16.5. The molecule has 10 nitrogen and oxygen atoms in total. The number of likely N-dealkylation sites (N-methyl/N-ethyl adjacent to an activating group) is 1. The minimum Gasteiger partial charge on any atom is -0.507 e. The van der Waals surface area contributed by atoms with Crippen LogP contribution in [-0.2, 0) is 18.0 Å². The van der Waals surface area contributed by atoms with Gasteiger partial charge in [-0.15, -0.1) is 12.4 Å². The highest BCUT2D eigenvalue weighted by atomic mass is 35.5. The molecule has 0 atom stereocenters. The third-order valence-electron chi connectivity index (χ3n) is 5.94. The van der Waals surface area contributed by atoms with Gasteiger partial charge in [-0.2, -0.15) is 18.3 Å². The van der Waals surface area contributed by atoms with Crippen molar-refractivity contribution in [2.75, 3.05) is 48.3 Å². The number of urea groups is 1. The number of pyridine rings is 1. The van der Waals surface area contributed by atoms with Crippen molar-refractivity contribution in [2.45, 2.75) is 13.1 Å². The number of alkyl halides is 3. The highest BCUT2D eigenvalue weighted by Gasteiger charge is 2.34. The SMILES string of the molecule is Cc1nn(C)c2ncc(N(C=O)C(=O)Nc3ccc(O)c(C(F)(F)F)c3)c(N3CCN(C)CC3)c12.Cl. The van der Waals surface area contributed by atoms with Crippen molar-refractivity contribution >= 4 is 52.9 Å². The zero-order valence-electron chi connectivity index (χ0n) is 19.7. The summed E-state index contributed by atoms with van der Waals surface area (Å²) in [6.45, 7) is 4.55. The van der Waals surface area contributed by atoms with Crippen LogP contribution in [-0.4, -0.2) is 70.4 Å². The number of piperazine rings is 1. The number of carbonyl (C=O) groups is 2. The standard InChI is InChI=1S/C22H24F3N7O3.ClH/c1-13-18-19(31-8-6-29(2)7-9-31)16(11-26-20(18)30(3)28-13)32(12-33)21(35)27-14-4-5-17(34)15(10-14)22(23,24)25;/h4-5,10-12,34H,6-9H2,1-3H3,(H,27,35);1H. The molecule has 0 bridgehead atoms. The molecule has 1 aromatic carbocycles. The summed E-state index contributed by atoms with van der Waals surface area (Å²) in [5.41, 5.74) is 0.461. The van der Waals surface area contributed by atoms with E-state index >= 15 is 0 Å². The summed E-state index contributed by atoms with van der Waals surface area (Å²) in [5.74, 6) is -0.971. The van der Waals surface area contributed by atoms with E-state index in [2.05, 4.69) is 20.3 Å². The molecule has 0 saturated carbocycles. The number of aryl methyl sites for hydroxylation is 2. The molecule has 1 aliphatic rings. The lowest BCUT2D eigenvalue weighted by atomic mass is 10.1. The molecule has 4 rings (SSSR count). The van der Waals surface area contributed by atoms with E-state index in [1.807, 2.05) is 11.9 Å². The number of benzene rings is 1. The van der Waals surface area contributed by atoms with Gasteiger partial charge in [0.25, 0.3) is 0 Å². The molecule has 1 aliphatic heterocycles. The zero-order chi connectivity index (χ0) is 25.5. The number of hydrogen-bond donors (Lipinski definition) is 2. The van der Waals surface area contributed by atoms with E-state index < -0.39 is 23.5 Å². The number of phenols is 1. The first-order valence-electron chi connectivity index (χ1n) is 10.7. The van der Waals surface area contributed by atoms with Gasteiger partial charge in [0.1, 0.15) is 5.75 Å². The van der Waals surface area contributed by atoms with Crippen LogP contribution in [0.25, 0.3) is 11.0 Å². The average Bonchev–Trinajstić information content (AvgIpc) is 3.09. The van der Waals surface area contributed by atoms with E-state index in [-0.39, 0.29) is 30.2 Å². The second-order valence-electron chi connectivity index (χ2n) is 8.33. The van der Waals surface area contributed by atoms with Crippen molar-refractivity contribution in [3.8, 4) is 5.75 Å². The molecule has 0 unspecified atom stereocenters. The van der Waals surface area contributed by atoms with E-state index in [1.54, 1.807) is 18.7 Å². The summed E-state index contributed by atoms with van der Waals surface area (Å²) in [6, 6.07) is 1.56. The number of aromatic nitrogens is 3. The fourth-order valence-corrected chi connectivity index (χ4v) is 4.15. The Morgan fingerprint density at radius 2 is 1.86 bits per heavy atom. The molecule has 194 valence electrons. The summed E-state index contributed by atoms with van der Waals surface area (Å²) in [4.78, 5) is 34.5. The van der Waals surface area contributed by atoms with Crippen molar-refractivity contribution in [1.82, 2.24) is 19.7 Å². The maximum atomic E-state index is 13.2. The van der Waals surface area contributed by atoms with Gasteiger partial charge >= 0.3 is 12.2 Å². The monoisotopic (exact) mass is 527 g/mol. The number of anilines is 3. The van der Waals surface area contributed by atoms with Crippen LogP contribution < -0.4 is 15.1 Å². The van der Waals surface area contributed by atoms with E-state index in [0.29, 0.717) is 41.6 Å². The Morgan fingerprint density at radius 3 is 2.47 bits per heavy atom. The number of aromatic hydroxyl groups is 1. The van der Waals surface area contributed by atoms with Crippen LogP contribution in [0.5, 0.6) is 5.75 Å². The Bertz CT molecular complexity index is 1290. The van der Waals surface area contributed by atoms with E-state index in [0.717, 1.165) is 30.1 Å². The number of fused-ring (bicyclic) bond motifs is 1. The fraction of sp³-hybridized carbons (Fsp3) is 0.364. The molecule has 1 saturated heterocycles. The number of rotatable bonds is 4. The van der Waals surface area contributed by atoms with Crippen molar-refractivity contribution in [1.29, 1.82) is 0 Å². The highest BCUT2D eigenvalue weighted by molar-refractivity contribution is 6.16. The van der Waals surface area contributed by atoms with Crippen LogP contribution in [0.1, 0.15) is 11.3 Å². The summed E-state index contributed by atoms with van der Waals surface area (Å²) < 4.78 is 41.1. The number of halogens is 4. The number of phenolic OH excluding ortho intramolecular Hbond substituents is 1. The van der Waals surface area contributed by atoms with E-state index in [9.17, 15) is 27.9 Å². The van der Waals surface area contributed by atoms with Crippen molar-refractivity contribution in [3.05, 3.63) is 35.7 Å². The smallest absolute Gasteiger partial charge is 0.420 e. The third-order valence-corrected chi connectivity index (χ3v) is 5.94. The number of carbonyl (C=O) groups excluding carboxylic acids is 2. The Hall–Kier alpha value is -3.58. The van der Waals surface area contributed by atoms with Crippen molar-refractivity contribution < 1.29 is 27.9 Å². The molecule has 0 radical (unpaired) electrons. The largest absolute Gasteiger partial charge is 0.507 e. The Balaban J connectivity index is 0.00000361. The van der Waals surface area contributed by atoms with Crippen LogP contribution in [0.3, 0.4) is 0 Å². The zero-order valence-corrected chi connectivity index (χ0v) is 20.5. The van der Waals surface area contributed by atoms with E-state index in [4.69, 9.17) is 0 Å². The average molecular weight is 528 g/mol. The number of nitrogens with zero attached hydrogens (tertiary/aromatic N) is 6. The Morgan fingerprint density at radius 1 is 1.19 bits per heavy atom. The predicted molar refractivity (Wildman–Crippen MR) is 131 cm³/mol. The van der Waals surface area contributed by atoms with Crippen LogP contribution >= 0.6 is 12.4 Å². The molecule has 2 aromatic heterocycles. The van der Waals surface area contributed by atoms with Gasteiger partial charge in [-0.3, -0.25) is 9.48 Å². The summed E-state index contributed by atoms with van der Waals surface area (Å²) >= 11 is 0. The minimum absolute atomic E-state index is 0. The molecule has 3 aromatic rings. The summed E-state index contributed by atoms with van der Waals surface area (Å²) in [6.07, 6.45) is -3.16. The maximum Gasteiger partial charge on any atom is 0.420 e. The second-order valence-corrected chi connectivity index (χ2v) is 8.33. The number of amides is 3. The van der Waals surface area contributed by atoms with Crippen LogP contribution in [0, 0.1) is 6.92 Å². The quantitative estimate of drug-likeness (QED) is 0.396. The maximum absolute atomic E-state index is 13.2. The van der Waals surface area contributed by atoms with Gasteiger partial charge in [0.2, 0.25) is 6.41 Å². The van der Waals surface area contributed by atoms with E-state index in [1.165, 1.54) is 6.20 Å². The predicted octanol–water partition coefficient (Wildman–Crippen LogP) is 3.37. The summed E-state index contributed by atoms with van der Waals surface area (Å²) in [7, 11) is 3.73. The van der Waals surface area contributed by atoms with Gasteiger partial charge in [-0.1, -0.05) is 0 Å². The molecule has 36 heavy (non-hydrogen) atoms. The van der Waals surface area contributed by atoms with Crippen molar-refractivity contribution in [2.24, 2.45) is 7.05 Å². The van der Waals surface area contributed by atoms with Crippen LogP contribution in [0.2, 0.25) is 0 Å². The Kier molecular flexibility index (Phi) is 7.65. The van der Waals surface area contributed by atoms with Crippen LogP contribution in [0.15, 0.2) is 24.4 Å². The molecule has 0 aliphatic carbocycles. The fourth-order valence-electron chi connectivity index (χ4n) is 4.15. The highest BCUT2D eigenvalue weighted by Crippen LogP contribution is 2.39. The molecular weight excluding hydrogens is 503 g/mol. The number of imide groups is 1. The first kappa shape index (κ1) is 27.0. The molecule has 3 amide bonds. The second kappa shape index (κ2) is 10.2. The Labute approximate surface area is 210 Å². The van der Waals surface area contributed by atoms with Gasteiger partial charge < -0.3 is 20.2 Å². The van der Waals surface area contributed by atoms with Gasteiger partial charge in [-0.25, -0.2) is 14.7 Å². The lowest BCUT2D eigenvalue weighted by molar-refractivity contribution is -0.138. The number of hydrogen-bond acceptors (Lipinski definition) is 7. The summed E-state index contributed by atoms with van der Waals surface area (Å²) in [5, 5.41) is 16.9. The minimum atomic E-state index is -4.82. The lowest BCUT2D eigenvalue weighted by Crippen LogP contribution is -2.45. The molecule has 2 N–H and O–H groups in total. The molecule has 0 spiro atoms. The van der Waals surface area contributed by atoms with Gasteiger partial charge in [-0.05, 0) is 32.2 Å². The van der Waals surface area contributed by atoms with Gasteiger partial charge in [0.05, 0.1) is 34.2 Å². The van der Waals surface area contributed by atoms with Gasteiger partial charge in [0, 0.05) is 38.9 Å². The van der Waals surface area contributed by atoms with Gasteiger partial charge in [0.15, 0.2) is 5.65 Å². The van der Waals surface area contributed by atoms with Crippen molar-refractivity contribution in [3.63, 3.8) is 0 Å². The normalized spacial score (nSPS) is 14.4. The molecule has 14 heteroatoms.